The summed E-state index contributed by atoms with van der Waals surface area (Å²) in [6, 6.07) is 4.85. The van der Waals surface area contributed by atoms with Crippen molar-refractivity contribution in [1.29, 1.82) is 0 Å². The summed E-state index contributed by atoms with van der Waals surface area (Å²) < 4.78 is 26.3. The van der Waals surface area contributed by atoms with Crippen molar-refractivity contribution in [2.24, 2.45) is 11.7 Å². The third-order valence-corrected chi connectivity index (χ3v) is 5.01. The molecule has 1 rings (SSSR count). The number of amides is 1. The second-order valence-corrected chi connectivity index (χ2v) is 7.38. The van der Waals surface area contributed by atoms with Crippen LogP contribution in [0, 0.1) is 12.8 Å². The minimum atomic E-state index is -3.36. The molecule has 6 nitrogen and oxygen atoms in total. The van der Waals surface area contributed by atoms with Crippen LogP contribution in [0.15, 0.2) is 18.2 Å². The molecule has 7 heteroatoms. The first-order valence-electron chi connectivity index (χ1n) is 7.34. The highest BCUT2D eigenvalue weighted by atomic mass is 32.2. The van der Waals surface area contributed by atoms with Gasteiger partial charge in [0.25, 0.3) is 0 Å². The lowest BCUT2D eigenvalue weighted by molar-refractivity contribution is -0.119. The van der Waals surface area contributed by atoms with Crippen molar-refractivity contribution in [3.05, 3.63) is 23.8 Å². The Balaban J connectivity index is 2.97. The molecule has 0 saturated heterocycles. The maximum Gasteiger partial charge on any atom is 0.232 e. The van der Waals surface area contributed by atoms with Crippen LogP contribution in [0.2, 0.25) is 0 Å². The Kier molecular flexibility index (Phi) is 6.37. The van der Waals surface area contributed by atoms with Gasteiger partial charge >= 0.3 is 0 Å². The lowest BCUT2D eigenvalue weighted by Crippen LogP contribution is -2.34. The molecule has 1 aromatic rings. The highest BCUT2D eigenvalue weighted by Crippen LogP contribution is 2.25. The summed E-state index contributed by atoms with van der Waals surface area (Å²) in [7, 11) is -3.36. The first kappa shape index (κ1) is 18.4. The van der Waals surface area contributed by atoms with Gasteiger partial charge in [0.1, 0.15) is 0 Å². The van der Waals surface area contributed by atoms with Gasteiger partial charge in [0.05, 0.1) is 17.4 Å². The smallest absolute Gasteiger partial charge is 0.232 e. The Morgan fingerprint density at radius 2 is 1.86 bits per heavy atom. The quantitative estimate of drug-likeness (QED) is 0.713. The summed E-state index contributed by atoms with van der Waals surface area (Å²) in [6.45, 7) is 7.09. The van der Waals surface area contributed by atoms with Gasteiger partial charge in [0, 0.05) is 11.7 Å². The summed E-state index contributed by atoms with van der Waals surface area (Å²) in [5.74, 6) is -0.461. The van der Waals surface area contributed by atoms with E-state index in [1.54, 1.807) is 45.9 Å². The van der Waals surface area contributed by atoms with Crippen LogP contribution in [0.25, 0.3) is 0 Å². The van der Waals surface area contributed by atoms with Crippen LogP contribution >= 0.6 is 0 Å². The van der Waals surface area contributed by atoms with Gasteiger partial charge in [0.2, 0.25) is 15.9 Å². The number of carbonyl (C=O) groups is 1. The Bertz CT molecular complexity index is 627. The van der Waals surface area contributed by atoms with Crippen LogP contribution in [0.4, 0.5) is 11.4 Å². The van der Waals surface area contributed by atoms with Gasteiger partial charge in [-0.15, -0.1) is 0 Å². The van der Waals surface area contributed by atoms with E-state index in [-0.39, 0.29) is 23.6 Å². The van der Waals surface area contributed by atoms with Crippen molar-refractivity contribution in [1.82, 2.24) is 0 Å². The molecular weight excluding hydrogens is 302 g/mol. The van der Waals surface area contributed by atoms with E-state index in [1.165, 1.54) is 0 Å². The van der Waals surface area contributed by atoms with Crippen LogP contribution in [0.3, 0.4) is 0 Å². The molecule has 0 bridgehead atoms. The zero-order valence-corrected chi connectivity index (χ0v) is 14.3. The van der Waals surface area contributed by atoms with Crippen LogP contribution in [-0.2, 0) is 14.8 Å². The zero-order valence-electron chi connectivity index (χ0n) is 13.5. The number of nitrogens with one attached hydrogen (secondary N) is 2. The Labute approximate surface area is 132 Å². The molecule has 0 aliphatic heterocycles. The second-order valence-electron chi connectivity index (χ2n) is 5.54. The van der Waals surface area contributed by atoms with E-state index in [4.69, 9.17) is 5.73 Å². The van der Waals surface area contributed by atoms with Gasteiger partial charge in [-0.05, 0) is 38.0 Å². The molecule has 1 amide bonds. The molecule has 0 heterocycles. The van der Waals surface area contributed by atoms with Gasteiger partial charge in [-0.3, -0.25) is 9.52 Å². The molecule has 0 radical (unpaired) electrons. The molecule has 4 N–H and O–H groups in total. The fourth-order valence-electron chi connectivity index (χ4n) is 1.85. The third-order valence-electron chi connectivity index (χ3n) is 3.53. The minimum Gasteiger partial charge on any atom is -0.327 e. The van der Waals surface area contributed by atoms with E-state index in [1.807, 2.05) is 0 Å². The first-order chi connectivity index (χ1) is 10.2. The van der Waals surface area contributed by atoms with Crippen LogP contribution in [0.1, 0.15) is 32.8 Å². The fourth-order valence-corrected chi connectivity index (χ4v) is 3.05. The lowest BCUT2D eigenvalue weighted by atomic mass is 10.0. The van der Waals surface area contributed by atoms with E-state index < -0.39 is 10.0 Å². The van der Waals surface area contributed by atoms with Gasteiger partial charge in [-0.1, -0.05) is 19.9 Å². The predicted molar refractivity (Wildman–Crippen MR) is 90.3 cm³/mol. The van der Waals surface area contributed by atoms with Crippen molar-refractivity contribution in [3.63, 3.8) is 0 Å². The van der Waals surface area contributed by atoms with Crippen molar-refractivity contribution >= 4 is 27.3 Å². The number of benzene rings is 1. The Hall–Kier alpha value is -1.60. The molecule has 124 valence electrons. The lowest BCUT2D eigenvalue weighted by Gasteiger charge is -2.18. The van der Waals surface area contributed by atoms with Crippen LogP contribution in [0.5, 0.6) is 0 Å². The minimum absolute atomic E-state index is 0.0603. The van der Waals surface area contributed by atoms with Crippen molar-refractivity contribution in [2.45, 2.75) is 40.2 Å². The van der Waals surface area contributed by atoms with E-state index in [0.717, 1.165) is 0 Å². The molecule has 0 fully saturated rings. The average Bonchev–Trinajstić information content (AvgIpc) is 2.41. The molecule has 2 unspecified atom stereocenters. The standard InChI is InChI=1S/C15H25N3O3S/c1-5-9-22(20,21)18-14-8-6-7-13(11(14)3)17-15(19)10(2)12(4)16/h6-8,10,12,18H,5,9,16H2,1-4H3,(H,17,19). The monoisotopic (exact) mass is 327 g/mol. The highest BCUT2D eigenvalue weighted by molar-refractivity contribution is 7.92. The summed E-state index contributed by atoms with van der Waals surface area (Å²) in [6.07, 6.45) is 0.538. The largest absolute Gasteiger partial charge is 0.327 e. The molecule has 2 atom stereocenters. The summed E-state index contributed by atoms with van der Waals surface area (Å²) in [4.78, 5) is 12.1. The van der Waals surface area contributed by atoms with Crippen LogP contribution < -0.4 is 15.8 Å². The Morgan fingerprint density at radius 1 is 1.27 bits per heavy atom. The SMILES string of the molecule is CCCS(=O)(=O)Nc1cccc(NC(=O)C(C)C(C)N)c1C. The zero-order chi connectivity index (χ0) is 16.9. The number of carbonyl (C=O) groups excluding carboxylic acids is 1. The normalized spacial score (nSPS) is 14.2. The highest BCUT2D eigenvalue weighted by Gasteiger charge is 2.19. The maximum atomic E-state index is 12.1. The maximum absolute atomic E-state index is 12.1. The van der Waals surface area contributed by atoms with E-state index in [9.17, 15) is 13.2 Å². The molecule has 0 aliphatic rings. The molecule has 0 spiro atoms. The number of hydrogen-bond donors (Lipinski definition) is 3. The molecule has 0 saturated carbocycles. The van der Waals surface area contributed by atoms with Crippen molar-refractivity contribution < 1.29 is 13.2 Å². The molecule has 0 aromatic heterocycles. The van der Waals surface area contributed by atoms with Gasteiger partial charge in [-0.25, -0.2) is 8.42 Å². The fraction of sp³-hybridized carbons (Fsp3) is 0.533. The van der Waals surface area contributed by atoms with E-state index in [0.29, 0.717) is 23.4 Å². The number of sulfonamides is 1. The number of nitrogens with two attached hydrogens (primary N) is 1. The molecule has 1 aromatic carbocycles. The van der Waals surface area contributed by atoms with Crippen molar-refractivity contribution in [3.8, 4) is 0 Å². The first-order valence-corrected chi connectivity index (χ1v) is 8.99. The molecule has 22 heavy (non-hydrogen) atoms. The van der Waals surface area contributed by atoms with Crippen LogP contribution in [-0.4, -0.2) is 26.1 Å². The average molecular weight is 327 g/mol. The second kappa shape index (κ2) is 7.60. The summed E-state index contributed by atoms with van der Waals surface area (Å²) >= 11 is 0. The van der Waals surface area contributed by atoms with Gasteiger partial charge in [-0.2, -0.15) is 0 Å². The topological polar surface area (TPSA) is 101 Å². The third kappa shape index (κ3) is 4.99. The molecule has 0 aliphatic carbocycles. The van der Waals surface area contributed by atoms with Gasteiger partial charge < -0.3 is 11.1 Å². The summed E-state index contributed by atoms with van der Waals surface area (Å²) in [5, 5.41) is 2.80. The summed E-state index contributed by atoms with van der Waals surface area (Å²) in [5.41, 5.74) is 7.45. The number of anilines is 2. The Morgan fingerprint density at radius 3 is 2.41 bits per heavy atom. The van der Waals surface area contributed by atoms with Crippen molar-refractivity contribution in [2.75, 3.05) is 15.8 Å². The molecular formula is C15H25N3O3S. The predicted octanol–water partition coefficient (Wildman–Crippen LogP) is 2.07. The van der Waals surface area contributed by atoms with Gasteiger partial charge in [0.15, 0.2) is 0 Å². The van der Waals surface area contributed by atoms with E-state index >= 15 is 0 Å². The number of rotatable bonds is 7. The van der Waals surface area contributed by atoms with E-state index in [2.05, 4.69) is 10.0 Å². The number of hydrogen-bond acceptors (Lipinski definition) is 4.